The summed E-state index contributed by atoms with van der Waals surface area (Å²) in [4.78, 5) is 24.2. The first kappa shape index (κ1) is 15.5. The predicted molar refractivity (Wildman–Crippen MR) is 91.1 cm³/mol. The number of fused-ring (bicyclic) bond motifs is 1. The number of thiophene rings is 1. The molecule has 6 nitrogen and oxygen atoms in total. The van der Waals surface area contributed by atoms with Crippen LogP contribution in [0.4, 0.5) is 5.82 Å². The standard InChI is InChI=1S/C16H18N4O2S/c1-9-5-6-11(22-9)7-17-16(21)14-18-12-8-23-10(2)13(12)15(19-14)20(3)4/h5-6,8H,7H2,1-4H3,(H,17,21). The van der Waals surface area contributed by atoms with Crippen LogP contribution in [-0.2, 0) is 6.54 Å². The van der Waals surface area contributed by atoms with Crippen molar-refractivity contribution in [2.75, 3.05) is 19.0 Å². The largest absolute Gasteiger partial charge is 0.465 e. The Labute approximate surface area is 138 Å². The van der Waals surface area contributed by atoms with Gasteiger partial charge >= 0.3 is 0 Å². The van der Waals surface area contributed by atoms with Crippen molar-refractivity contribution in [2.24, 2.45) is 0 Å². The van der Waals surface area contributed by atoms with Crippen LogP contribution < -0.4 is 10.2 Å². The van der Waals surface area contributed by atoms with Gasteiger partial charge in [-0.05, 0) is 26.0 Å². The van der Waals surface area contributed by atoms with Crippen LogP contribution in [0.2, 0.25) is 0 Å². The Balaban J connectivity index is 1.88. The minimum Gasteiger partial charge on any atom is -0.465 e. The van der Waals surface area contributed by atoms with E-state index in [0.29, 0.717) is 12.3 Å². The summed E-state index contributed by atoms with van der Waals surface area (Å²) in [5.41, 5.74) is 0.796. The van der Waals surface area contributed by atoms with Gasteiger partial charge in [0.1, 0.15) is 17.3 Å². The van der Waals surface area contributed by atoms with Crippen LogP contribution in [0.25, 0.3) is 10.9 Å². The molecule has 120 valence electrons. The second-order valence-corrected chi connectivity index (χ2v) is 6.60. The molecule has 7 heteroatoms. The smallest absolute Gasteiger partial charge is 0.289 e. The number of hydrogen-bond acceptors (Lipinski definition) is 6. The van der Waals surface area contributed by atoms with Gasteiger partial charge in [-0.1, -0.05) is 0 Å². The molecule has 0 aliphatic heterocycles. The van der Waals surface area contributed by atoms with Crippen molar-refractivity contribution in [3.05, 3.63) is 39.7 Å². The second-order valence-electron chi connectivity index (χ2n) is 5.51. The normalized spacial score (nSPS) is 11.0. The number of amides is 1. The van der Waals surface area contributed by atoms with Crippen molar-refractivity contribution >= 4 is 34.0 Å². The first-order valence-corrected chi connectivity index (χ1v) is 8.10. The Morgan fingerprint density at radius 3 is 2.74 bits per heavy atom. The first-order chi connectivity index (χ1) is 11.0. The summed E-state index contributed by atoms with van der Waals surface area (Å²) < 4.78 is 5.44. The summed E-state index contributed by atoms with van der Waals surface area (Å²) in [6.45, 7) is 4.21. The summed E-state index contributed by atoms with van der Waals surface area (Å²) in [6, 6.07) is 3.70. The molecule has 0 aliphatic rings. The molecule has 0 spiro atoms. The Morgan fingerprint density at radius 2 is 2.09 bits per heavy atom. The van der Waals surface area contributed by atoms with Crippen LogP contribution >= 0.6 is 11.3 Å². The molecule has 3 rings (SSSR count). The fourth-order valence-corrected chi connectivity index (χ4v) is 3.12. The number of hydrogen-bond donors (Lipinski definition) is 1. The van der Waals surface area contributed by atoms with Crippen LogP contribution in [0.5, 0.6) is 0 Å². The van der Waals surface area contributed by atoms with Gasteiger partial charge in [0.25, 0.3) is 5.91 Å². The maximum absolute atomic E-state index is 12.4. The summed E-state index contributed by atoms with van der Waals surface area (Å²) in [5, 5.41) is 5.74. The molecular formula is C16H18N4O2S. The molecule has 0 saturated heterocycles. The van der Waals surface area contributed by atoms with Gasteiger partial charge in [0, 0.05) is 24.4 Å². The first-order valence-electron chi connectivity index (χ1n) is 7.22. The molecular weight excluding hydrogens is 312 g/mol. The Bertz CT molecular complexity index is 866. The maximum atomic E-state index is 12.4. The Hall–Kier alpha value is -2.41. The van der Waals surface area contributed by atoms with Gasteiger partial charge in [0.05, 0.1) is 17.4 Å². The number of carbonyl (C=O) groups excluding carboxylic acids is 1. The number of carbonyl (C=O) groups is 1. The van der Waals surface area contributed by atoms with Crippen LogP contribution in [0, 0.1) is 13.8 Å². The summed E-state index contributed by atoms with van der Waals surface area (Å²) in [7, 11) is 3.82. The van der Waals surface area contributed by atoms with E-state index >= 15 is 0 Å². The molecule has 0 unspecified atom stereocenters. The van der Waals surface area contributed by atoms with E-state index in [-0.39, 0.29) is 11.7 Å². The number of aryl methyl sites for hydroxylation is 2. The zero-order valence-electron chi connectivity index (χ0n) is 13.5. The van der Waals surface area contributed by atoms with E-state index in [2.05, 4.69) is 15.3 Å². The highest BCUT2D eigenvalue weighted by molar-refractivity contribution is 7.11. The van der Waals surface area contributed by atoms with Gasteiger partial charge in [0.2, 0.25) is 5.82 Å². The van der Waals surface area contributed by atoms with E-state index in [4.69, 9.17) is 4.42 Å². The summed E-state index contributed by atoms with van der Waals surface area (Å²) >= 11 is 1.61. The highest BCUT2D eigenvalue weighted by Gasteiger charge is 2.17. The Kier molecular flexibility index (Phi) is 4.04. The van der Waals surface area contributed by atoms with E-state index in [1.54, 1.807) is 11.3 Å². The molecule has 1 N–H and O–H groups in total. The fraction of sp³-hybridized carbons (Fsp3) is 0.312. The summed E-state index contributed by atoms with van der Waals surface area (Å²) in [5.74, 6) is 2.13. The molecule has 3 aromatic heterocycles. The quantitative estimate of drug-likeness (QED) is 0.796. The van der Waals surface area contributed by atoms with Gasteiger partial charge in [0.15, 0.2) is 0 Å². The lowest BCUT2D eigenvalue weighted by Gasteiger charge is -2.14. The third-order valence-corrected chi connectivity index (χ3v) is 4.36. The molecule has 3 aromatic rings. The van der Waals surface area contributed by atoms with Gasteiger partial charge in [-0.3, -0.25) is 4.79 Å². The topological polar surface area (TPSA) is 71.3 Å². The molecule has 0 bridgehead atoms. The number of anilines is 1. The van der Waals surface area contributed by atoms with Crippen molar-refractivity contribution in [3.8, 4) is 0 Å². The number of aromatic nitrogens is 2. The number of furan rings is 1. The maximum Gasteiger partial charge on any atom is 0.289 e. The van der Waals surface area contributed by atoms with Crippen LogP contribution in [0.15, 0.2) is 21.9 Å². The monoisotopic (exact) mass is 330 g/mol. The Morgan fingerprint density at radius 1 is 1.30 bits per heavy atom. The minimum absolute atomic E-state index is 0.169. The van der Waals surface area contributed by atoms with Gasteiger partial charge < -0.3 is 14.6 Å². The number of nitrogens with one attached hydrogen (secondary N) is 1. The second kappa shape index (κ2) is 6.00. The van der Waals surface area contributed by atoms with Crippen molar-refractivity contribution < 1.29 is 9.21 Å². The lowest BCUT2D eigenvalue weighted by Crippen LogP contribution is -2.26. The van der Waals surface area contributed by atoms with Gasteiger partial charge in [-0.2, -0.15) is 0 Å². The number of rotatable bonds is 4. The van der Waals surface area contributed by atoms with Crippen LogP contribution in [-0.4, -0.2) is 30.0 Å². The third kappa shape index (κ3) is 3.05. The lowest BCUT2D eigenvalue weighted by atomic mass is 10.2. The van der Waals surface area contributed by atoms with E-state index < -0.39 is 0 Å². The van der Waals surface area contributed by atoms with E-state index in [1.807, 2.05) is 50.4 Å². The van der Waals surface area contributed by atoms with Crippen molar-refractivity contribution in [3.63, 3.8) is 0 Å². The van der Waals surface area contributed by atoms with Gasteiger partial charge in [-0.15, -0.1) is 11.3 Å². The average Bonchev–Trinajstić information content (AvgIpc) is 3.10. The lowest BCUT2D eigenvalue weighted by molar-refractivity contribution is 0.0938. The molecule has 0 radical (unpaired) electrons. The van der Waals surface area contributed by atoms with E-state index in [0.717, 1.165) is 27.4 Å². The number of nitrogens with zero attached hydrogens (tertiary/aromatic N) is 3. The van der Waals surface area contributed by atoms with Crippen molar-refractivity contribution in [2.45, 2.75) is 20.4 Å². The molecule has 23 heavy (non-hydrogen) atoms. The molecule has 1 amide bonds. The fourth-order valence-electron chi connectivity index (χ4n) is 2.34. The van der Waals surface area contributed by atoms with E-state index in [9.17, 15) is 4.79 Å². The average molecular weight is 330 g/mol. The van der Waals surface area contributed by atoms with Crippen LogP contribution in [0.3, 0.4) is 0 Å². The zero-order chi connectivity index (χ0) is 16.6. The van der Waals surface area contributed by atoms with E-state index in [1.165, 1.54) is 0 Å². The van der Waals surface area contributed by atoms with Crippen LogP contribution in [0.1, 0.15) is 27.0 Å². The third-order valence-electron chi connectivity index (χ3n) is 3.46. The molecule has 0 atom stereocenters. The molecule has 0 aromatic carbocycles. The van der Waals surface area contributed by atoms with Gasteiger partial charge in [-0.25, -0.2) is 9.97 Å². The highest BCUT2D eigenvalue weighted by Crippen LogP contribution is 2.30. The molecule has 0 saturated carbocycles. The molecule has 0 fully saturated rings. The predicted octanol–water partition coefficient (Wildman–Crippen LogP) is 2.90. The zero-order valence-corrected chi connectivity index (χ0v) is 14.3. The highest BCUT2D eigenvalue weighted by atomic mass is 32.1. The summed E-state index contributed by atoms with van der Waals surface area (Å²) in [6.07, 6.45) is 0. The molecule has 3 heterocycles. The van der Waals surface area contributed by atoms with Crippen molar-refractivity contribution in [1.82, 2.24) is 15.3 Å². The van der Waals surface area contributed by atoms with Crippen molar-refractivity contribution in [1.29, 1.82) is 0 Å². The molecule has 0 aliphatic carbocycles. The SMILES string of the molecule is Cc1ccc(CNC(=O)c2nc(N(C)C)c3c(C)scc3n2)o1. The minimum atomic E-state index is -0.312.